The Hall–Kier alpha value is -4.09. The summed E-state index contributed by atoms with van der Waals surface area (Å²) in [6, 6.07) is 18.7. The zero-order chi connectivity index (χ0) is 24.9. The number of thioether (sulfide) groups is 1. The first-order chi connectivity index (χ1) is 17.7. The van der Waals surface area contributed by atoms with E-state index >= 15 is 0 Å². The summed E-state index contributed by atoms with van der Waals surface area (Å²) < 4.78 is 18.1. The molecule has 0 unspecified atom stereocenters. The molecule has 182 valence electrons. The third-order valence-electron chi connectivity index (χ3n) is 5.17. The van der Waals surface area contributed by atoms with Crippen molar-refractivity contribution in [2.75, 3.05) is 25.3 Å². The van der Waals surface area contributed by atoms with E-state index in [0.29, 0.717) is 21.9 Å². The number of thiazole rings is 1. The maximum absolute atomic E-state index is 12.7. The second-order valence-corrected chi connectivity index (χ2v) is 9.19. The first kappa shape index (κ1) is 23.6. The van der Waals surface area contributed by atoms with Crippen molar-refractivity contribution in [3.05, 3.63) is 72.3 Å². The number of nitrogens with one attached hydrogen (secondary N) is 1. The summed E-state index contributed by atoms with van der Waals surface area (Å²) in [5, 5.41) is 14.4. The van der Waals surface area contributed by atoms with Crippen LogP contribution in [0.15, 0.2) is 81.9 Å². The molecule has 0 saturated heterocycles. The highest BCUT2D eigenvalue weighted by Crippen LogP contribution is 2.32. The average Bonchev–Trinajstić information content (AvgIpc) is 3.68. The molecular formula is C25H21N5O4S2. The normalized spacial score (nSPS) is 10.8. The van der Waals surface area contributed by atoms with Gasteiger partial charge < -0.3 is 19.2 Å². The van der Waals surface area contributed by atoms with Crippen molar-refractivity contribution in [3.8, 4) is 40.0 Å². The first-order valence-corrected chi connectivity index (χ1v) is 12.7. The van der Waals surface area contributed by atoms with Crippen LogP contribution in [0.5, 0.6) is 11.5 Å². The SMILES string of the molecule is COc1ccc(-n2c(SCC(=O)Nc3nc(-c4ccccc4OC)cs3)nnc2-c2ccco2)cc1. The molecule has 5 aromatic rings. The van der Waals surface area contributed by atoms with Gasteiger partial charge in [-0.05, 0) is 48.5 Å². The Kier molecular flexibility index (Phi) is 7.01. The molecular weight excluding hydrogens is 498 g/mol. The van der Waals surface area contributed by atoms with Crippen molar-refractivity contribution >= 4 is 34.1 Å². The summed E-state index contributed by atoms with van der Waals surface area (Å²) in [6.07, 6.45) is 1.58. The second-order valence-electron chi connectivity index (χ2n) is 7.39. The monoisotopic (exact) mass is 519 g/mol. The zero-order valence-corrected chi connectivity index (χ0v) is 21.0. The lowest BCUT2D eigenvalue weighted by molar-refractivity contribution is -0.113. The summed E-state index contributed by atoms with van der Waals surface area (Å²) in [4.78, 5) is 17.3. The maximum Gasteiger partial charge on any atom is 0.236 e. The summed E-state index contributed by atoms with van der Waals surface area (Å²) >= 11 is 2.62. The van der Waals surface area contributed by atoms with Gasteiger partial charge in [-0.1, -0.05) is 23.9 Å². The molecule has 3 heterocycles. The summed E-state index contributed by atoms with van der Waals surface area (Å²) in [5.74, 6) is 2.48. The Morgan fingerprint density at radius 3 is 2.64 bits per heavy atom. The Bertz CT molecular complexity index is 1460. The van der Waals surface area contributed by atoms with E-state index < -0.39 is 0 Å². The van der Waals surface area contributed by atoms with Crippen molar-refractivity contribution in [1.82, 2.24) is 19.7 Å². The standard InChI is InChI=1S/C25H21N5O4S2/c1-32-17-11-9-16(10-12-17)30-23(21-8-5-13-34-21)28-29-25(30)36-15-22(31)27-24-26-19(14-35-24)18-6-3-4-7-20(18)33-2/h3-14H,15H2,1-2H3,(H,26,27,31). The Morgan fingerprint density at radius 1 is 1.06 bits per heavy atom. The van der Waals surface area contributed by atoms with E-state index in [1.54, 1.807) is 26.5 Å². The highest BCUT2D eigenvalue weighted by atomic mass is 32.2. The van der Waals surface area contributed by atoms with Crippen molar-refractivity contribution in [1.29, 1.82) is 0 Å². The maximum atomic E-state index is 12.7. The zero-order valence-electron chi connectivity index (χ0n) is 19.4. The van der Waals surface area contributed by atoms with Crippen LogP contribution in [0.25, 0.3) is 28.5 Å². The molecule has 0 radical (unpaired) electrons. The predicted molar refractivity (Wildman–Crippen MR) is 139 cm³/mol. The number of amides is 1. The van der Waals surface area contributed by atoms with Crippen LogP contribution in [-0.4, -0.2) is 45.6 Å². The van der Waals surface area contributed by atoms with Crippen LogP contribution in [0.4, 0.5) is 5.13 Å². The van der Waals surface area contributed by atoms with Crippen molar-refractivity contribution in [3.63, 3.8) is 0 Å². The molecule has 1 N–H and O–H groups in total. The molecule has 0 aliphatic heterocycles. The average molecular weight is 520 g/mol. The molecule has 9 nitrogen and oxygen atoms in total. The fraction of sp³-hybridized carbons (Fsp3) is 0.120. The first-order valence-electron chi connectivity index (χ1n) is 10.8. The lowest BCUT2D eigenvalue weighted by Crippen LogP contribution is -2.14. The number of anilines is 1. The lowest BCUT2D eigenvalue weighted by Gasteiger charge is -2.10. The number of hydrogen-bond donors (Lipinski definition) is 1. The van der Waals surface area contributed by atoms with Gasteiger partial charge in [-0.3, -0.25) is 9.36 Å². The van der Waals surface area contributed by atoms with Crippen LogP contribution >= 0.6 is 23.1 Å². The molecule has 11 heteroatoms. The molecule has 0 bridgehead atoms. The third kappa shape index (κ3) is 4.97. The second kappa shape index (κ2) is 10.7. The molecule has 0 aliphatic rings. The Labute approximate surface area is 215 Å². The highest BCUT2D eigenvalue weighted by Gasteiger charge is 2.19. The van der Waals surface area contributed by atoms with Gasteiger partial charge in [0.15, 0.2) is 16.0 Å². The number of carbonyl (C=O) groups excluding carboxylic acids is 1. The van der Waals surface area contributed by atoms with Gasteiger partial charge in [0, 0.05) is 10.9 Å². The molecule has 1 amide bonds. The number of hydrogen-bond acceptors (Lipinski definition) is 9. The minimum absolute atomic E-state index is 0.121. The van der Waals surface area contributed by atoms with Crippen LogP contribution in [-0.2, 0) is 4.79 Å². The molecule has 36 heavy (non-hydrogen) atoms. The van der Waals surface area contributed by atoms with Crippen molar-refractivity contribution in [2.24, 2.45) is 0 Å². The molecule has 0 fully saturated rings. The fourth-order valence-electron chi connectivity index (χ4n) is 3.49. The van der Waals surface area contributed by atoms with E-state index in [0.717, 1.165) is 28.4 Å². The van der Waals surface area contributed by atoms with Gasteiger partial charge in [-0.25, -0.2) is 4.98 Å². The number of furan rings is 1. The molecule has 2 aromatic carbocycles. The summed E-state index contributed by atoms with van der Waals surface area (Å²) in [5.41, 5.74) is 2.42. The van der Waals surface area contributed by atoms with Crippen molar-refractivity contribution < 1.29 is 18.7 Å². The Morgan fingerprint density at radius 2 is 1.89 bits per heavy atom. The smallest absolute Gasteiger partial charge is 0.236 e. The van der Waals surface area contributed by atoms with Gasteiger partial charge in [-0.15, -0.1) is 21.5 Å². The van der Waals surface area contributed by atoms with E-state index in [1.807, 2.05) is 64.5 Å². The number of rotatable bonds is 9. The number of benzene rings is 2. The fourth-order valence-corrected chi connectivity index (χ4v) is 4.97. The number of para-hydroxylation sites is 1. The number of aromatic nitrogens is 4. The highest BCUT2D eigenvalue weighted by molar-refractivity contribution is 7.99. The summed E-state index contributed by atoms with van der Waals surface area (Å²) in [7, 11) is 3.23. The van der Waals surface area contributed by atoms with E-state index in [2.05, 4.69) is 20.5 Å². The van der Waals surface area contributed by atoms with Gasteiger partial charge in [0.05, 0.1) is 37.6 Å². The minimum Gasteiger partial charge on any atom is -0.497 e. The van der Waals surface area contributed by atoms with Gasteiger partial charge in [0.2, 0.25) is 11.7 Å². The largest absolute Gasteiger partial charge is 0.497 e. The predicted octanol–water partition coefficient (Wildman–Crippen LogP) is 5.40. The molecule has 3 aromatic heterocycles. The third-order valence-corrected chi connectivity index (χ3v) is 6.86. The van der Waals surface area contributed by atoms with Crippen LogP contribution in [0.3, 0.4) is 0 Å². The van der Waals surface area contributed by atoms with E-state index in [1.165, 1.54) is 23.1 Å². The number of methoxy groups -OCH3 is 2. The van der Waals surface area contributed by atoms with E-state index in [-0.39, 0.29) is 11.7 Å². The quantitative estimate of drug-likeness (QED) is 0.258. The van der Waals surface area contributed by atoms with Gasteiger partial charge in [0.25, 0.3) is 0 Å². The van der Waals surface area contributed by atoms with Crippen LogP contribution in [0.1, 0.15) is 0 Å². The molecule has 0 atom stereocenters. The lowest BCUT2D eigenvalue weighted by atomic mass is 10.1. The summed E-state index contributed by atoms with van der Waals surface area (Å²) in [6.45, 7) is 0. The topological polar surface area (TPSA) is 104 Å². The van der Waals surface area contributed by atoms with Gasteiger partial charge in [-0.2, -0.15) is 0 Å². The molecule has 0 aliphatic carbocycles. The Balaban J connectivity index is 1.32. The van der Waals surface area contributed by atoms with Crippen LogP contribution in [0, 0.1) is 0 Å². The van der Waals surface area contributed by atoms with E-state index in [4.69, 9.17) is 13.9 Å². The molecule has 0 spiro atoms. The van der Waals surface area contributed by atoms with Gasteiger partial charge >= 0.3 is 0 Å². The number of carbonyl (C=O) groups is 1. The van der Waals surface area contributed by atoms with Crippen LogP contribution < -0.4 is 14.8 Å². The number of nitrogens with zero attached hydrogens (tertiary/aromatic N) is 4. The van der Waals surface area contributed by atoms with E-state index in [9.17, 15) is 4.79 Å². The van der Waals surface area contributed by atoms with Crippen LogP contribution in [0.2, 0.25) is 0 Å². The van der Waals surface area contributed by atoms with Gasteiger partial charge in [0.1, 0.15) is 11.5 Å². The molecule has 0 saturated carbocycles. The minimum atomic E-state index is -0.204. The number of ether oxygens (including phenoxy) is 2. The molecule has 5 rings (SSSR count). The van der Waals surface area contributed by atoms with Crippen molar-refractivity contribution in [2.45, 2.75) is 5.16 Å².